The minimum absolute atomic E-state index is 0.618. The van der Waals surface area contributed by atoms with Gasteiger partial charge in [0.25, 0.3) is 0 Å². The minimum atomic E-state index is 0.618. The SMILES string of the molecule is CN(N=C(/C=N\N(C)c1ccccc1)/C=N\N(C)c1ccccc1)c1ccccc1. The molecule has 0 aromatic heterocycles. The maximum atomic E-state index is 4.68. The van der Waals surface area contributed by atoms with E-state index in [1.165, 1.54) is 0 Å². The molecule has 0 saturated heterocycles. The van der Waals surface area contributed by atoms with E-state index in [0.29, 0.717) is 5.71 Å². The van der Waals surface area contributed by atoms with Gasteiger partial charge in [-0.3, -0.25) is 15.0 Å². The second-order valence-electron chi connectivity index (χ2n) is 6.59. The van der Waals surface area contributed by atoms with Crippen molar-refractivity contribution in [2.45, 2.75) is 0 Å². The summed E-state index contributed by atoms with van der Waals surface area (Å²) in [4.78, 5) is 0. The molecule has 0 bridgehead atoms. The van der Waals surface area contributed by atoms with Crippen LogP contribution in [0.2, 0.25) is 0 Å². The molecule has 0 aliphatic rings. The second-order valence-corrected chi connectivity index (χ2v) is 6.59. The Labute approximate surface area is 178 Å². The number of hydrazone groups is 3. The number of nitrogens with zero attached hydrogens (tertiary/aromatic N) is 6. The third-order valence-electron chi connectivity index (χ3n) is 4.38. The van der Waals surface area contributed by atoms with E-state index >= 15 is 0 Å². The lowest BCUT2D eigenvalue weighted by Gasteiger charge is -2.15. The molecule has 6 heteroatoms. The van der Waals surface area contributed by atoms with Crippen LogP contribution in [0.4, 0.5) is 17.1 Å². The molecule has 3 aromatic carbocycles. The van der Waals surface area contributed by atoms with Crippen LogP contribution in [-0.2, 0) is 0 Å². The Morgan fingerprint density at radius 3 is 1.23 bits per heavy atom. The van der Waals surface area contributed by atoms with Gasteiger partial charge in [0.15, 0.2) is 0 Å². The van der Waals surface area contributed by atoms with Crippen molar-refractivity contribution in [2.24, 2.45) is 15.3 Å². The molecule has 0 aliphatic carbocycles. The Hall–Kier alpha value is -3.93. The standard InChI is InChI=1S/C24H26N6/c1-28(22-13-7-4-8-14-22)25-19-21(27-30(3)24-17-11-6-12-18-24)20-26-29(2)23-15-9-5-10-16-23/h4-20H,1-3H3/b25-19-,26-20-. The molecule has 0 radical (unpaired) electrons. The zero-order chi connectivity index (χ0) is 21.2. The van der Waals surface area contributed by atoms with Crippen molar-refractivity contribution in [2.75, 3.05) is 36.2 Å². The summed E-state index contributed by atoms with van der Waals surface area (Å²) in [5, 5.41) is 19.1. The van der Waals surface area contributed by atoms with E-state index < -0.39 is 0 Å². The van der Waals surface area contributed by atoms with Crippen LogP contribution in [0.25, 0.3) is 0 Å². The molecule has 6 nitrogen and oxygen atoms in total. The highest BCUT2D eigenvalue weighted by molar-refractivity contribution is 6.56. The van der Waals surface area contributed by atoms with Gasteiger partial charge in [-0.2, -0.15) is 15.3 Å². The van der Waals surface area contributed by atoms with E-state index in [-0.39, 0.29) is 0 Å². The van der Waals surface area contributed by atoms with E-state index in [1.807, 2.05) is 112 Å². The van der Waals surface area contributed by atoms with E-state index in [9.17, 15) is 0 Å². The van der Waals surface area contributed by atoms with Gasteiger partial charge in [-0.15, -0.1) is 0 Å². The molecule has 0 unspecified atom stereocenters. The molecule has 0 spiro atoms. The fraction of sp³-hybridized carbons (Fsp3) is 0.125. The number of hydrogen-bond donors (Lipinski definition) is 0. The molecular formula is C24H26N6. The van der Waals surface area contributed by atoms with Crippen LogP contribution in [-0.4, -0.2) is 39.3 Å². The highest BCUT2D eigenvalue weighted by Crippen LogP contribution is 2.13. The number of rotatable bonds is 8. The molecule has 0 amide bonds. The normalized spacial score (nSPS) is 10.9. The van der Waals surface area contributed by atoms with Crippen LogP contribution in [0.3, 0.4) is 0 Å². The average molecular weight is 399 g/mol. The highest BCUT2D eigenvalue weighted by Gasteiger charge is 2.03. The topological polar surface area (TPSA) is 46.8 Å². The zero-order valence-corrected chi connectivity index (χ0v) is 17.5. The van der Waals surface area contributed by atoms with Gasteiger partial charge < -0.3 is 0 Å². The fourth-order valence-electron chi connectivity index (χ4n) is 2.67. The summed E-state index contributed by atoms with van der Waals surface area (Å²) in [5.74, 6) is 0. The Kier molecular flexibility index (Phi) is 7.33. The van der Waals surface area contributed by atoms with Crippen molar-refractivity contribution in [3.63, 3.8) is 0 Å². The molecule has 0 atom stereocenters. The smallest absolute Gasteiger partial charge is 0.124 e. The fourth-order valence-corrected chi connectivity index (χ4v) is 2.67. The van der Waals surface area contributed by atoms with E-state index in [2.05, 4.69) is 15.3 Å². The molecule has 152 valence electrons. The largest absolute Gasteiger partial charge is 0.269 e. The Balaban J connectivity index is 1.83. The predicted octanol–water partition coefficient (Wildman–Crippen LogP) is 4.72. The van der Waals surface area contributed by atoms with Crippen molar-refractivity contribution in [3.05, 3.63) is 91.0 Å². The average Bonchev–Trinajstić information content (AvgIpc) is 2.82. The third kappa shape index (κ3) is 6.04. The monoisotopic (exact) mass is 398 g/mol. The lowest BCUT2D eigenvalue weighted by Crippen LogP contribution is -2.19. The maximum Gasteiger partial charge on any atom is 0.124 e. The first kappa shape index (κ1) is 20.8. The maximum absolute atomic E-state index is 4.68. The zero-order valence-electron chi connectivity index (χ0n) is 17.5. The number of para-hydroxylation sites is 3. The summed E-state index contributed by atoms with van der Waals surface area (Å²) in [7, 11) is 5.70. The van der Waals surface area contributed by atoms with E-state index in [1.54, 1.807) is 27.5 Å². The molecule has 0 fully saturated rings. The van der Waals surface area contributed by atoms with Crippen molar-refractivity contribution < 1.29 is 0 Å². The molecule has 30 heavy (non-hydrogen) atoms. The highest BCUT2D eigenvalue weighted by atomic mass is 15.5. The summed E-state index contributed by atoms with van der Waals surface area (Å²) in [5.41, 5.74) is 3.57. The number of anilines is 3. The second kappa shape index (κ2) is 10.6. The lowest BCUT2D eigenvalue weighted by molar-refractivity contribution is 1.01. The summed E-state index contributed by atoms with van der Waals surface area (Å²) in [6.45, 7) is 0. The summed E-state index contributed by atoms with van der Waals surface area (Å²) >= 11 is 0. The van der Waals surface area contributed by atoms with Gasteiger partial charge in [0.1, 0.15) is 5.71 Å². The van der Waals surface area contributed by atoms with Gasteiger partial charge in [-0.25, -0.2) is 0 Å². The number of benzene rings is 3. The molecule has 3 rings (SSSR count). The first-order valence-electron chi connectivity index (χ1n) is 9.66. The van der Waals surface area contributed by atoms with Gasteiger partial charge in [-0.05, 0) is 36.4 Å². The number of hydrogen-bond acceptors (Lipinski definition) is 6. The molecular weight excluding hydrogens is 372 g/mol. The minimum Gasteiger partial charge on any atom is -0.269 e. The van der Waals surface area contributed by atoms with Crippen molar-refractivity contribution in [3.8, 4) is 0 Å². The van der Waals surface area contributed by atoms with Crippen LogP contribution in [0, 0.1) is 0 Å². The molecule has 0 heterocycles. The van der Waals surface area contributed by atoms with Gasteiger partial charge in [0.05, 0.1) is 29.5 Å². The van der Waals surface area contributed by atoms with E-state index in [4.69, 9.17) is 0 Å². The lowest BCUT2D eigenvalue weighted by atomic mass is 10.3. The Bertz CT molecular complexity index is 926. The summed E-state index contributed by atoms with van der Waals surface area (Å²) in [6, 6.07) is 29.8. The van der Waals surface area contributed by atoms with Gasteiger partial charge >= 0.3 is 0 Å². The van der Waals surface area contributed by atoms with E-state index in [0.717, 1.165) is 17.1 Å². The molecule has 0 saturated carbocycles. The Morgan fingerprint density at radius 1 is 0.533 bits per heavy atom. The van der Waals surface area contributed by atoms with Crippen LogP contribution in [0.1, 0.15) is 0 Å². The predicted molar refractivity (Wildman–Crippen MR) is 129 cm³/mol. The van der Waals surface area contributed by atoms with Crippen molar-refractivity contribution >= 4 is 35.2 Å². The quantitative estimate of drug-likeness (QED) is 0.407. The molecule has 0 N–H and O–H groups in total. The summed E-state index contributed by atoms with van der Waals surface area (Å²) in [6.07, 6.45) is 3.41. The first-order valence-corrected chi connectivity index (χ1v) is 9.66. The van der Waals surface area contributed by atoms with Crippen LogP contribution < -0.4 is 15.0 Å². The van der Waals surface area contributed by atoms with Crippen molar-refractivity contribution in [1.82, 2.24) is 0 Å². The molecule has 0 aliphatic heterocycles. The Morgan fingerprint density at radius 2 is 0.867 bits per heavy atom. The van der Waals surface area contributed by atoms with Gasteiger partial charge in [0, 0.05) is 21.1 Å². The third-order valence-corrected chi connectivity index (χ3v) is 4.38. The van der Waals surface area contributed by atoms with Crippen LogP contribution in [0.15, 0.2) is 106 Å². The first-order chi connectivity index (χ1) is 14.6. The van der Waals surface area contributed by atoms with Gasteiger partial charge in [0.2, 0.25) is 0 Å². The molecule has 3 aromatic rings. The summed E-state index contributed by atoms with van der Waals surface area (Å²) < 4.78 is 0. The van der Waals surface area contributed by atoms with Gasteiger partial charge in [-0.1, -0.05) is 54.6 Å². The van der Waals surface area contributed by atoms with Crippen molar-refractivity contribution in [1.29, 1.82) is 0 Å². The van der Waals surface area contributed by atoms with Crippen LogP contribution in [0.5, 0.6) is 0 Å². The van der Waals surface area contributed by atoms with Crippen LogP contribution >= 0.6 is 0 Å².